The van der Waals surface area contributed by atoms with Crippen molar-refractivity contribution < 1.29 is 55.8 Å². The van der Waals surface area contributed by atoms with Crippen molar-refractivity contribution in [3.8, 4) is 0 Å². The minimum absolute atomic E-state index is 0. The van der Waals surface area contributed by atoms with Crippen LogP contribution in [0.4, 0.5) is 4.39 Å². The van der Waals surface area contributed by atoms with E-state index in [4.69, 9.17) is 0 Å². The van der Waals surface area contributed by atoms with Crippen LogP contribution >= 0.6 is 0 Å². The van der Waals surface area contributed by atoms with Crippen molar-refractivity contribution in [2.45, 2.75) is 19.8 Å². The molecule has 0 N–H and O–H groups in total. The number of rotatable bonds is 1. The standard InChI is InChI=1S/C9H10F.K/c1-7(2)8-4-3-5-9(10)6-8;/h3,5-7H,1-2H3;/q-1;+1. The molecule has 0 bridgehead atoms. The van der Waals surface area contributed by atoms with Crippen molar-refractivity contribution in [2.75, 3.05) is 0 Å². The summed E-state index contributed by atoms with van der Waals surface area (Å²) in [5.74, 6) is 0.179. The van der Waals surface area contributed by atoms with Crippen LogP contribution in [0.3, 0.4) is 0 Å². The van der Waals surface area contributed by atoms with E-state index in [1.807, 2.05) is 13.8 Å². The normalized spacial score (nSPS) is 9.45. The van der Waals surface area contributed by atoms with Crippen molar-refractivity contribution in [1.82, 2.24) is 0 Å². The van der Waals surface area contributed by atoms with Crippen LogP contribution < -0.4 is 51.4 Å². The zero-order valence-corrected chi connectivity index (χ0v) is 10.3. The molecular weight excluding hydrogens is 166 g/mol. The van der Waals surface area contributed by atoms with Gasteiger partial charge in [0.15, 0.2) is 0 Å². The summed E-state index contributed by atoms with van der Waals surface area (Å²) in [6.07, 6.45) is 0. The van der Waals surface area contributed by atoms with Crippen LogP contribution in [0, 0.1) is 11.9 Å². The maximum absolute atomic E-state index is 12.5. The van der Waals surface area contributed by atoms with E-state index < -0.39 is 0 Å². The van der Waals surface area contributed by atoms with Gasteiger partial charge in [-0.2, -0.15) is 17.7 Å². The Hall–Kier alpha value is 0.786. The van der Waals surface area contributed by atoms with Crippen molar-refractivity contribution in [2.24, 2.45) is 0 Å². The van der Waals surface area contributed by atoms with Gasteiger partial charge < -0.3 is 0 Å². The van der Waals surface area contributed by atoms with Crippen molar-refractivity contribution in [3.05, 3.63) is 35.6 Å². The molecule has 0 aliphatic carbocycles. The van der Waals surface area contributed by atoms with Gasteiger partial charge >= 0.3 is 51.4 Å². The topological polar surface area (TPSA) is 0 Å². The molecule has 0 radical (unpaired) electrons. The smallest absolute Gasteiger partial charge is 0.236 e. The SMILES string of the molecule is CC(C)c1[c-]ccc(F)c1.[K+]. The third-order valence-corrected chi connectivity index (χ3v) is 1.41. The molecule has 0 fully saturated rings. The van der Waals surface area contributed by atoms with Gasteiger partial charge in [-0.05, 0) is 5.92 Å². The second-order valence-corrected chi connectivity index (χ2v) is 2.62. The van der Waals surface area contributed by atoms with Gasteiger partial charge in [-0.3, -0.25) is 0 Å². The summed E-state index contributed by atoms with van der Waals surface area (Å²) in [7, 11) is 0. The Morgan fingerprint density at radius 3 is 2.45 bits per heavy atom. The average Bonchev–Trinajstić information content (AvgIpc) is 1.88. The fraction of sp³-hybridized carbons (Fsp3) is 0.333. The molecule has 0 nitrogen and oxygen atoms in total. The van der Waals surface area contributed by atoms with Crippen LogP contribution in [-0.2, 0) is 0 Å². The van der Waals surface area contributed by atoms with Gasteiger partial charge in [0.25, 0.3) is 0 Å². The Bertz CT molecular complexity index is 221. The van der Waals surface area contributed by atoms with Gasteiger partial charge in [0, 0.05) is 5.82 Å². The Morgan fingerprint density at radius 1 is 1.45 bits per heavy atom. The third-order valence-electron chi connectivity index (χ3n) is 1.41. The molecule has 1 rings (SSSR count). The summed E-state index contributed by atoms with van der Waals surface area (Å²) >= 11 is 0. The van der Waals surface area contributed by atoms with Gasteiger partial charge in [-0.1, -0.05) is 13.8 Å². The Balaban J connectivity index is 0.000001000. The monoisotopic (exact) mass is 176 g/mol. The first-order chi connectivity index (χ1) is 4.70. The molecule has 0 saturated carbocycles. The predicted molar refractivity (Wildman–Crippen MR) is 39.3 cm³/mol. The number of hydrogen-bond acceptors (Lipinski definition) is 0. The summed E-state index contributed by atoms with van der Waals surface area (Å²) in [6, 6.07) is 7.51. The zero-order valence-electron chi connectivity index (χ0n) is 7.19. The maximum atomic E-state index is 12.5. The first-order valence-electron chi connectivity index (χ1n) is 3.37. The number of halogens is 1. The van der Waals surface area contributed by atoms with Crippen LogP contribution in [0.25, 0.3) is 0 Å². The van der Waals surface area contributed by atoms with E-state index in [9.17, 15) is 4.39 Å². The van der Waals surface area contributed by atoms with Crippen molar-refractivity contribution in [3.63, 3.8) is 0 Å². The molecule has 0 amide bonds. The Morgan fingerprint density at radius 2 is 2.09 bits per heavy atom. The minimum atomic E-state index is -0.178. The summed E-state index contributed by atoms with van der Waals surface area (Å²) in [5.41, 5.74) is 0.931. The van der Waals surface area contributed by atoms with Gasteiger partial charge in [0.1, 0.15) is 0 Å². The second-order valence-electron chi connectivity index (χ2n) is 2.62. The van der Waals surface area contributed by atoms with E-state index >= 15 is 0 Å². The minimum Gasteiger partial charge on any atom is -0.236 e. The molecule has 11 heavy (non-hydrogen) atoms. The van der Waals surface area contributed by atoms with Crippen molar-refractivity contribution in [1.29, 1.82) is 0 Å². The summed E-state index contributed by atoms with van der Waals surface area (Å²) in [6.45, 7) is 4.04. The maximum Gasteiger partial charge on any atom is 1.00 e. The molecular formula is C9H10FK. The molecule has 1 aromatic carbocycles. The first kappa shape index (κ1) is 11.8. The Labute approximate surface area is 110 Å². The molecule has 1 aromatic rings. The molecule has 0 saturated heterocycles. The van der Waals surface area contributed by atoms with E-state index in [0.29, 0.717) is 5.92 Å². The predicted octanol–water partition coefficient (Wildman–Crippen LogP) is -0.247. The van der Waals surface area contributed by atoms with E-state index in [-0.39, 0.29) is 57.2 Å². The van der Waals surface area contributed by atoms with Crippen LogP contribution in [-0.4, -0.2) is 0 Å². The van der Waals surface area contributed by atoms with Crippen LogP contribution in [0.1, 0.15) is 25.3 Å². The summed E-state index contributed by atoms with van der Waals surface area (Å²) in [5, 5.41) is 0. The molecule has 54 valence electrons. The van der Waals surface area contributed by atoms with Crippen molar-refractivity contribution >= 4 is 0 Å². The van der Waals surface area contributed by atoms with Gasteiger partial charge in [-0.25, -0.2) is 4.39 Å². The fourth-order valence-corrected chi connectivity index (χ4v) is 0.789. The van der Waals surface area contributed by atoms with Crippen LogP contribution in [0.5, 0.6) is 0 Å². The molecule has 0 atom stereocenters. The van der Waals surface area contributed by atoms with E-state index in [0.717, 1.165) is 5.56 Å². The van der Waals surface area contributed by atoms with Gasteiger partial charge in [0.05, 0.1) is 0 Å². The van der Waals surface area contributed by atoms with E-state index in [2.05, 4.69) is 6.07 Å². The third kappa shape index (κ3) is 3.81. The molecule has 0 aliphatic heterocycles. The summed E-state index contributed by atoms with van der Waals surface area (Å²) < 4.78 is 12.5. The van der Waals surface area contributed by atoms with Gasteiger partial charge in [0.2, 0.25) is 0 Å². The molecule has 2 heteroatoms. The molecule has 0 aliphatic rings. The van der Waals surface area contributed by atoms with E-state index in [1.165, 1.54) is 12.1 Å². The molecule has 0 aromatic heterocycles. The second kappa shape index (κ2) is 5.44. The van der Waals surface area contributed by atoms with E-state index in [1.54, 1.807) is 6.07 Å². The average molecular weight is 176 g/mol. The quantitative estimate of drug-likeness (QED) is 0.409. The Kier molecular flexibility index (Phi) is 5.82. The molecule has 0 heterocycles. The fourth-order valence-electron chi connectivity index (χ4n) is 0.789. The number of hydrogen-bond donors (Lipinski definition) is 0. The molecule has 0 unspecified atom stereocenters. The zero-order chi connectivity index (χ0) is 7.56. The summed E-state index contributed by atoms with van der Waals surface area (Å²) in [4.78, 5) is 0. The largest absolute Gasteiger partial charge is 1.00 e. The van der Waals surface area contributed by atoms with Crippen LogP contribution in [0.2, 0.25) is 0 Å². The first-order valence-corrected chi connectivity index (χ1v) is 3.37. The van der Waals surface area contributed by atoms with Gasteiger partial charge in [-0.15, -0.1) is 12.1 Å². The molecule has 0 spiro atoms. The van der Waals surface area contributed by atoms with Crippen LogP contribution in [0.15, 0.2) is 18.2 Å². The number of benzene rings is 1.